The lowest BCUT2D eigenvalue weighted by atomic mass is 10.0. The summed E-state index contributed by atoms with van der Waals surface area (Å²) in [5.41, 5.74) is 3.63. The first-order valence-corrected chi connectivity index (χ1v) is 9.17. The Bertz CT molecular complexity index is 1010. The van der Waals surface area contributed by atoms with Gasteiger partial charge in [-0.3, -0.25) is 4.79 Å². The van der Waals surface area contributed by atoms with Gasteiger partial charge in [0, 0.05) is 24.2 Å². The van der Waals surface area contributed by atoms with Gasteiger partial charge in [0.25, 0.3) is 0 Å². The van der Waals surface area contributed by atoms with E-state index in [4.69, 9.17) is 9.78 Å². The van der Waals surface area contributed by atoms with E-state index in [0.717, 1.165) is 32.8 Å². The van der Waals surface area contributed by atoms with Crippen molar-refractivity contribution in [2.24, 2.45) is 5.92 Å². The zero-order valence-electron chi connectivity index (χ0n) is 14.4. The van der Waals surface area contributed by atoms with E-state index in [9.17, 15) is 4.79 Å². The van der Waals surface area contributed by atoms with Crippen LogP contribution in [0.4, 0.5) is 5.13 Å². The van der Waals surface area contributed by atoms with Gasteiger partial charge in [0.2, 0.25) is 5.91 Å². The van der Waals surface area contributed by atoms with Crippen LogP contribution in [-0.2, 0) is 4.79 Å². The van der Waals surface area contributed by atoms with Gasteiger partial charge in [0.05, 0.1) is 21.8 Å². The third-order valence-electron chi connectivity index (χ3n) is 4.65. The largest absolute Gasteiger partial charge is 0.361 e. The Balaban J connectivity index is 1.64. The number of thiazole rings is 1. The summed E-state index contributed by atoms with van der Waals surface area (Å²) in [6.07, 6.45) is 2.78. The second-order valence-electron chi connectivity index (χ2n) is 6.39. The maximum Gasteiger partial charge on any atom is 0.231 e. The van der Waals surface area contributed by atoms with Gasteiger partial charge in [0.1, 0.15) is 5.76 Å². The van der Waals surface area contributed by atoms with E-state index in [1.165, 1.54) is 11.3 Å². The number of amides is 1. The van der Waals surface area contributed by atoms with Gasteiger partial charge in [-0.25, -0.2) is 4.98 Å². The van der Waals surface area contributed by atoms with Gasteiger partial charge in [-0.15, -0.1) is 0 Å². The van der Waals surface area contributed by atoms with E-state index in [0.29, 0.717) is 24.6 Å². The number of nitrogens with one attached hydrogen (secondary N) is 1. The summed E-state index contributed by atoms with van der Waals surface area (Å²) < 4.78 is 6.28. The molecule has 0 bridgehead atoms. The molecule has 0 saturated carbocycles. The number of fused-ring (bicyclic) bond motifs is 1. The summed E-state index contributed by atoms with van der Waals surface area (Å²) in [6.45, 7) is 4.90. The van der Waals surface area contributed by atoms with Crippen LogP contribution in [0.2, 0.25) is 0 Å². The molecule has 3 heterocycles. The molecule has 1 atom stereocenters. The summed E-state index contributed by atoms with van der Waals surface area (Å²) in [5.74, 6) is 0.501. The predicted molar refractivity (Wildman–Crippen MR) is 98.5 cm³/mol. The highest BCUT2D eigenvalue weighted by Gasteiger charge is 2.28. The van der Waals surface area contributed by atoms with Crippen LogP contribution >= 0.6 is 11.3 Å². The lowest BCUT2D eigenvalue weighted by Gasteiger charge is -2.08. The molecule has 1 aliphatic heterocycles. The molecule has 0 radical (unpaired) electrons. The van der Waals surface area contributed by atoms with Gasteiger partial charge in [0.15, 0.2) is 11.3 Å². The molecule has 1 aromatic carbocycles. The van der Waals surface area contributed by atoms with E-state index in [1.54, 1.807) is 4.90 Å². The van der Waals surface area contributed by atoms with Crippen molar-refractivity contribution in [2.45, 2.75) is 20.3 Å². The highest BCUT2D eigenvalue weighted by molar-refractivity contribution is 7.22. The maximum atomic E-state index is 12.5. The third-order valence-corrected chi connectivity index (χ3v) is 5.67. The smallest absolute Gasteiger partial charge is 0.231 e. The van der Waals surface area contributed by atoms with Crippen molar-refractivity contribution in [1.82, 2.24) is 15.0 Å². The average Bonchev–Trinajstić information content (AvgIpc) is 3.33. The molecular formula is C18H17N5O2S. The number of likely N-dealkylation sites (tertiary alicyclic amines) is 1. The molecule has 0 aliphatic carbocycles. The molecule has 0 unspecified atom stereocenters. The normalized spacial score (nSPS) is 16.8. The van der Waals surface area contributed by atoms with Gasteiger partial charge >= 0.3 is 0 Å². The van der Waals surface area contributed by atoms with Gasteiger partial charge < -0.3 is 14.7 Å². The number of hydrogen-bond acceptors (Lipinski definition) is 7. The van der Waals surface area contributed by atoms with Crippen LogP contribution in [-0.4, -0.2) is 34.0 Å². The Hall–Kier alpha value is -2.92. The van der Waals surface area contributed by atoms with E-state index < -0.39 is 0 Å². The summed E-state index contributed by atoms with van der Waals surface area (Å²) in [6, 6.07) is 5.88. The second kappa shape index (κ2) is 6.42. The number of benzene rings is 1. The summed E-state index contributed by atoms with van der Waals surface area (Å²) in [5, 5.41) is 16.5. The maximum absolute atomic E-state index is 12.5. The molecule has 1 fully saturated rings. The molecule has 8 heteroatoms. The van der Waals surface area contributed by atoms with Crippen molar-refractivity contribution in [1.29, 1.82) is 5.26 Å². The van der Waals surface area contributed by atoms with Crippen molar-refractivity contribution in [3.05, 3.63) is 29.7 Å². The number of aryl methyl sites for hydroxylation is 2. The standard InChI is InChI=1S/C18H17N5O2S/c1-10-15(11(2)25-22-10)13-4-3-5-14-16(13)26-18(20-14)21-17(24)12-6-7-23(8-12)9-19/h3-5,12H,6-8H2,1-2H3,(H,20,21,24)/t12-/m1/s1. The highest BCUT2D eigenvalue weighted by Crippen LogP contribution is 2.37. The highest BCUT2D eigenvalue weighted by atomic mass is 32.1. The van der Waals surface area contributed by atoms with Gasteiger partial charge in [-0.2, -0.15) is 5.26 Å². The van der Waals surface area contributed by atoms with Crippen molar-refractivity contribution in [3.8, 4) is 17.3 Å². The number of nitriles is 1. The zero-order valence-corrected chi connectivity index (χ0v) is 15.3. The molecule has 3 aromatic rings. The van der Waals surface area contributed by atoms with E-state index >= 15 is 0 Å². The second-order valence-corrected chi connectivity index (χ2v) is 7.39. The first-order chi connectivity index (χ1) is 12.6. The van der Waals surface area contributed by atoms with E-state index in [2.05, 4.69) is 21.7 Å². The van der Waals surface area contributed by atoms with E-state index in [-0.39, 0.29) is 11.8 Å². The van der Waals surface area contributed by atoms with Crippen molar-refractivity contribution >= 4 is 32.6 Å². The molecule has 7 nitrogen and oxygen atoms in total. The number of hydrogen-bond donors (Lipinski definition) is 1. The first-order valence-electron chi connectivity index (χ1n) is 8.35. The van der Waals surface area contributed by atoms with Gasteiger partial charge in [-0.05, 0) is 26.3 Å². The Kier molecular flexibility index (Phi) is 4.09. The minimum Gasteiger partial charge on any atom is -0.361 e. The lowest BCUT2D eigenvalue weighted by molar-refractivity contribution is -0.119. The number of carbonyl (C=O) groups excluding carboxylic acids is 1. The van der Waals surface area contributed by atoms with Crippen molar-refractivity contribution < 1.29 is 9.32 Å². The SMILES string of the molecule is Cc1noc(C)c1-c1cccc2nc(NC(=O)[C@@H]3CCN(C#N)C3)sc12. The van der Waals surface area contributed by atoms with Crippen LogP contribution in [0.25, 0.3) is 21.3 Å². The lowest BCUT2D eigenvalue weighted by Crippen LogP contribution is -2.25. The molecule has 1 amide bonds. The average molecular weight is 367 g/mol. The molecule has 2 aromatic heterocycles. The zero-order chi connectivity index (χ0) is 18.3. The number of carbonyl (C=O) groups is 1. The van der Waals surface area contributed by atoms with Crippen LogP contribution in [0.1, 0.15) is 17.9 Å². The minimum absolute atomic E-state index is 0.0827. The number of aromatic nitrogens is 2. The first kappa shape index (κ1) is 16.5. The van der Waals surface area contributed by atoms with Crippen LogP contribution in [0.3, 0.4) is 0 Å². The monoisotopic (exact) mass is 367 g/mol. The van der Waals surface area contributed by atoms with Crippen molar-refractivity contribution in [2.75, 3.05) is 18.4 Å². The fourth-order valence-electron chi connectivity index (χ4n) is 3.34. The fraction of sp³-hybridized carbons (Fsp3) is 0.333. The number of nitrogens with zero attached hydrogens (tertiary/aromatic N) is 4. The summed E-state index contributed by atoms with van der Waals surface area (Å²) >= 11 is 1.44. The van der Waals surface area contributed by atoms with Crippen LogP contribution in [0.15, 0.2) is 22.7 Å². The molecular weight excluding hydrogens is 350 g/mol. The molecule has 4 rings (SSSR count). The van der Waals surface area contributed by atoms with Crippen LogP contribution in [0, 0.1) is 31.2 Å². The molecule has 1 saturated heterocycles. The Morgan fingerprint density at radius 2 is 2.31 bits per heavy atom. The quantitative estimate of drug-likeness (QED) is 0.714. The molecule has 132 valence electrons. The van der Waals surface area contributed by atoms with E-state index in [1.807, 2.05) is 32.0 Å². The minimum atomic E-state index is -0.177. The van der Waals surface area contributed by atoms with Crippen LogP contribution < -0.4 is 5.32 Å². The topological polar surface area (TPSA) is 95.1 Å². The molecule has 26 heavy (non-hydrogen) atoms. The molecule has 0 spiro atoms. The number of rotatable bonds is 3. The Morgan fingerprint density at radius 1 is 1.46 bits per heavy atom. The van der Waals surface area contributed by atoms with Crippen LogP contribution in [0.5, 0.6) is 0 Å². The molecule has 1 N–H and O–H groups in total. The summed E-state index contributed by atoms with van der Waals surface area (Å²) in [7, 11) is 0. The Labute approximate surface area is 154 Å². The number of anilines is 1. The van der Waals surface area contributed by atoms with Crippen molar-refractivity contribution in [3.63, 3.8) is 0 Å². The molecule has 1 aliphatic rings. The Morgan fingerprint density at radius 3 is 3.00 bits per heavy atom. The fourth-order valence-corrected chi connectivity index (χ4v) is 4.33. The predicted octanol–water partition coefficient (Wildman–Crippen LogP) is 3.31. The van der Waals surface area contributed by atoms with Gasteiger partial charge in [-0.1, -0.05) is 28.6 Å². The summed E-state index contributed by atoms with van der Waals surface area (Å²) in [4.78, 5) is 18.6. The third kappa shape index (κ3) is 2.80.